The third kappa shape index (κ3) is 3.72. The van der Waals surface area contributed by atoms with Crippen LogP contribution in [0.25, 0.3) is 22.6 Å². The second kappa shape index (κ2) is 7.41. The van der Waals surface area contributed by atoms with Crippen LogP contribution < -0.4 is 10.1 Å². The number of methoxy groups -OCH3 is 1. The van der Waals surface area contributed by atoms with E-state index in [1.165, 1.54) is 12.0 Å². The van der Waals surface area contributed by atoms with Gasteiger partial charge in [-0.3, -0.25) is 0 Å². The van der Waals surface area contributed by atoms with Crippen molar-refractivity contribution < 1.29 is 13.6 Å². The van der Waals surface area contributed by atoms with Crippen molar-refractivity contribution >= 4 is 5.69 Å². The SMILES string of the molecule is COc1ccc(-c2cnco2)cc1NCc1ccc(-c2cccc(C)c2)o1. The molecule has 0 aliphatic rings. The number of ether oxygens (including phenoxy) is 1. The molecule has 2 aromatic carbocycles. The van der Waals surface area contributed by atoms with Gasteiger partial charge in [-0.05, 0) is 43.3 Å². The molecule has 0 saturated carbocycles. The van der Waals surface area contributed by atoms with Crippen LogP contribution in [0, 0.1) is 6.92 Å². The number of nitrogens with zero attached hydrogens (tertiary/aromatic N) is 1. The van der Waals surface area contributed by atoms with Crippen molar-refractivity contribution in [3.63, 3.8) is 0 Å². The van der Waals surface area contributed by atoms with Gasteiger partial charge in [-0.25, -0.2) is 4.98 Å². The van der Waals surface area contributed by atoms with Gasteiger partial charge in [-0.2, -0.15) is 0 Å². The van der Waals surface area contributed by atoms with E-state index in [1.54, 1.807) is 13.3 Å². The highest BCUT2D eigenvalue weighted by atomic mass is 16.5. The summed E-state index contributed by atoms with van der Waals surface area (Å²) in [6, 6.07) is 18.1. The Balaban J connectivity index is 1.52. The Morgan fingerprint density at radius 3 is 2.67 bits per heavy atom. The predicted octanol–water partition coefficient (Wildman–Crippen LogP) is 5.53. The molecular formula is C22H20N2O3. The molecule has 0 atom stereocenters. The van der Waals surface area contributed by atoms with E-state index in [4.69, 9.17) is 13.6 Å². The second-order valence-corrected chi connectivity index (χ2v) is 6.27. The average molecular weight is 360 g/mol. The third-order valence-electron chi connectivity index (χ3n) is 4.33. The van der Waals surface area contributed by atoms with Gasteiger partial charge in [0.15, 0.2) is 12.2 Å². The van der Waals surface area contributed by atoms with E-state index in [-0.39, 0.29) is 0 Å². The van der Waals surface area contributed by atoms with E-state index in [1.807, 2.05) is 42.5 Å². The number of aromatic nitrogens is 1. The van der Waals surface area contributed by atoms with Gasteiger partial charge in [-0.15, -0.1) is 0 Å². The Labute approximate surface area is 157 Å². The highest BCUT2D eigenvalue weighted by Gasteiger charge is 2.10. The Hall–Kier alpha value is -3.47. The van der Waals surface area contributed by atoms with Crippen molar-refractivity contribution in [2.45, 2.75) is 13.5 Å². The largest absolute Gasteiger partial charge is 0.495 e. The van der Waals surface area contributed by atoms with Gasteiger partial charge in [0.25, 0.3) is 0 Å². The van der Waals surface area contributed by atoms with Gasteiger partial charge in [0.1, 0.15) is 17.3 Å². The van der Waals surface area contributed by atoms with Crippen molar-refractivity contribution in [2.24, 2.45) is 0 Å². The molecule has 5 nitrogen and oxygen atoms in total. The molecule has 2 heterocycles. The Kier molecular flexibility index (Phi) is 4.66. The Morgan fingerprint density at radius 1 is 1.00 bits per heavy atom. The number of hydrogen-bond acceptors (Lipinski definition) is 5. The van der Waals surface area contributed by atoms with Crippen LogP contribution in [0.15, 0.2) is 76.0 Å². The zero-order valence-corrected chi connectivity index (χ0v) is 15.2. The monoisotopic (exact) mass is 360 g/mol. The van der Waals surface area contributed by atoms with Gasteiger partial charge in [-0.1, -0.05) is 23.8 Å². The van der Waals surface area contributed by atoms with Crippen LogP contribution in [0.4, 0.5) is 5.69 Å². The van der Waals surface area contributed by atoms with Crippen LogP contribution in [0.5, 0.6) is 5.75 Å². The lowest BCUT2D eigenvalue weighted by Gasteiger charge is -2.11. The molecule has 136 valence electrons. The molecule has 1 N–H and O–H groups in total. The van der Waals surface area contributed by atoms with Crippen molar-refractivity contribution in [3.05, 3.63) is 78.5 Å². The molecule has 2 aromatic heterocycles. The summed E-state index contributed by atoms with van der Waals surface area (Å²) in [5.41, 5.74) is 4.07. The first-order chi connectivity index (χ1) is 13.2. The molecule has 0 unspecified atom stereocenters. The first kappa shape index (κ1) is 17.0. The minimum absolute atomic E-state index is 0.544. The van der Waals surface area contributed by atoms with Gasteiger partial charge in [0.2, 0.25) is 0 Å². The summed E-state index contributed by atoms with van der Waals surface area (Å²) in [5.74, 6) is 3.17. The molecule has 0 saturated heterocycles. The summed E-state index contributed by atoms with van der Waals surface area (Å²) in [6.07, 6.45) is 3.11. The number of nitrogens with one attached hydrogen (secondary N) is 1. The molecule has 0 aliphatic heterocycles. The van der Waals surface area contributed by atoms with Crippen LogP contribution in [-0.2, 0) is 6.54 Å². The topological polar surface area (TPSA) is 60.4 Å². The molecule has 0 spiro atoms. The van der Waals surface area contributed by atoms with Crippen molar-refractivity contribution in [1.29, 1.82) is 0 Å². The average Bonchev–Trinajstić information content (AvgIpc) is 3.38. The minimum atomic E-state index is 0.544. The number of rotatable bonds is 6. The number of aryl methyl sites for hydroxylation is 1. The molecule has 0 fully saturated rings. The van der Waals surface area contributed by atoms with E-state index in [0.29, 0.717) is 12.3 Å². The standard InChI is InChI=1S/C22H20N2O3/c1-15-4-3-5-16(10-15)20-9-7-18(27-20)12-24-19-11-17(6-8-21(19)25-2)22-13-23-14-26-22/h3-11,13-14,24H,12H2,1-2H3. The third-order valence-corrected chi connectivity index (χ3v) is 4.33. The first-order valence-corrected chi connectivity index (χ1v) is 8.69. The number of benzene rings is 2. The summed E-state index contributed by atoms with van der Waals surface area (Å²) in [5, 5.41) is 3.38. The lowest BCUT2D eigenvalue weighted by Crippen LogP contribution is -2.00. The van der Waals surface area contributed by atoms with Gasteiger partial charge < -0.3 is 18.9 Å². The number of furan rings is 1. The molecule has 4 aromatic rings. The van der Waals surface area contributed by atoms with Crippen LogP contribution in [0.1, 0.15) is 11.3 Å². The second-order valence-electron chi connectivity index (χ2n) is 6.27. The van der Waals surface area contributed by atoms with Crippen LogP contribution in [0.3, 0.4) is 0 Å². The maximum absolute atomic E-state index is 5.99. The summed E-state index contributed by atoms with van der Waals surface area (Å²) in [7, 11) is 1.65. The normalized spacial score (nSPS) is 10.7. The van der Waals surface area contributed by atoms with Crippen molar-refractivity contribution in [2.75, 3.05) is 12.4 Å². The smallest absolute Gasteiger partial charge is 0.181 e. The Morgan fingerprint density at radius 2 is 1.89 bits per heavy atom. The molecular weight excluding hydrogens is 340 g/mol. The highest BCUT2D eigenvalue weighted by Crippen LogP contribution is 2.31. The van der Waals surface area contributed by atoms with E-state index in [0.717, 1.165) is 34.1 Å². The van der Waals surface area contributed by atoms with E-state index < -0.39 is 0 Å². The fourth-order valence-electron chi connectivity index (χ4n) is 2.97. The van der Waals surface area contributed by atoms with Crippen LogP contribution >= 0.6 is 0 Å². The molecule has 0 amide bonds. The van der Waals surface area contributed by atoms with Gasteiger partial charge in [0, 0.05) is 11.1 Å². The summed E-state index contributed by atoms with van der Waals surface area (Å²) >= 11 is 0. The number of hydrogen-bond donors (Lipinski definition) is 1. The van der Waals surface area contributed by atoms with Gasteiger partial charge >= 0.3 is 0 Å². The molecule has 0 aliphatic carbocycles. The highest BCUT2D eigenvalue weighted by molar-refractivity contribution is 5.68. The number of anilines is 1. The predicted molar refractivity (Wildman–Crippen MR) is 105 cm³/mol. The zero-order valence-electron chi connectivity index (χ0n) is 15.2. The number of oxazole rings is 1. The van der Waals surface area contributed by atoms with Crippen LogP contribution in [0.2, 0.25) is 0 Å². The lowest BCUT2D eigenvalue weighted by atomic mass is 10.1. The van der Waals surface area contributed by atoms with E-state index >= 15 is 0 Å². The molecule has 5 heteroatoms. The lowest BCUT2D eigenvalue weighted by molar-refractivity contribution is 0.416. The molecule has 0 bridgehead atoms. The molecule has 27 heavy (non-hydrogen) atoms. The summed E-state index contributed by atoms with van der Waals surface area (Å²) < 4.78 is 16.8. The molecule has 4 rings (SSSR count). The zero-order chi connectivity index (χ0) is 18.6. The first-order valence-electron chi connectivity index (χ1n) is 8.69. The quantitative estimate of drug-likeness (QED) is 0.490. The fraction of sp³-hybridized carbons (Fsp3) is 0.136. The summed E-state index contributed by atoms with van der Waals surface area (Å²) in [6.45, 7) is 2.62. The van der Waals surface area contributed by atoms with Crippen molar-refractivity contribution in [1.82, 2.24) is 4.98 Å². The van der Waals surface area contributed by atoms with Crippen molar-refractivity contribution in [3.8, 4) is 28.4 Å². The van der Waals surface area contributed by atoms with E-state index in [9.17, 15) is 0 Å². The fourth-order valence-corrected chi connectivity index (χ4v) is 2.97. The summed E-state index contributed by atoms with van der Waals surface area (Å²) in [4.78, 5) is 3.97. The maximum atomic E-state index is 5.99. The Bertz CT molecular complexity index is 1040. The maximum Gasteiger partial charge on any atom is 0.181 e. The molecule has 0 radical (unpaired) electrons. The van der Waals surface area contributed by atoms with E-state index in [2.05, 4.69) is 29.4 Å². The van der Waals surface area contributed by atoms with Gasteiger partial charge in [0.05, 0.1) is 25.5 Å². The minimum Gasteiger partial charge on any atom is -0.495 e. The van der Waals surface area contributed by atoms with Crippen LogP contribution in [-0.4, -0.2) is 12.1 Å².